The zero-order chi connectivity index (χ0) is 14.8. The number of benzene rings is 1. The smallest absolute Gasteiger partial charge is 0.329 e. The lowest BCUT2D eigenvalue weighted by atomic mass is 9.71. The molecule has 2 rings (SSSR count). The van der Waals surface area contributed by atoms with Crippen LogP contribution in [0.5, 0.6) is 0 Å². The van der Waals surface area contributed by atoms with E-state index >= 15 is 0 Å². The standard InChI is InChI=1S/C16H22FNO2/c1-11(2)12-4-3-9-16(10-12,15(19)20)18-14-7-5-13(17)6-8-14/h5-8,11-12,18H,3-4,9-10H2,1-2H3,(H,19,20). The summed E-state index contributed by atoms with van der Waals surface area (Å²) >= 11 is 0. The van der Waals surface area contributed by atoms with E-state index in [4.69, 9.17) is 0 Å². The van der Waals surface area contributed by atoms with Gasteiger partial charge in [-0.1, -0.05) is 20.3 Å². The Morgan fingerprint density at radius 3 is 2.60 bits per heavy atom. The molecule has 1 aromatic rings. The Balaban J connectivity index is 2.21. The van der Waals surface area contributed by atoms with Gasteiger partial charge in [0.25, 0.3) is 0 Å². The van der Waals surface area contributed by atoms with E-state index in [9.17, 15) is 14.3 Å². The summed E-state index contributed by atoms with van der Waals surface area (Å²) in [4.78, 5) is 11.8. The van der Waals surface area contributed by atoms with Gasteiger partial charge in [0.05, 0.1) is 0 Å². The molecule has 1 aromatic carbocycles. The molecule has 1 saturated carbocycles. The van der Waals surface area contributed by atoms with E-state index in [0.717, 1.165) is 12.8 Å². The fourth-order valence-corrected chi connectivity index (χ4v) is 3.06. The van der Waals surface area contributed by atoms with E-state index in [1.807, 2.05) is 0 Å². The van der Waals surface area contributed by atoms with Crippen molar-refractivity contribution in [2.45, 2.75) is 45.1 Å². The lowest BCUT2D eigenvalue weighted by molar-refractivity contribution is -0.144. The Morgan fingerprint density at radius 2 is 2.05 bits per heavy atom. The summed E-state index contributed by atoms with van der Waals surface area (Å²) in [6.07, 6.45) is 3.22. The molecule has 0 aliphatic heterocycles. The molecular weight excluding hydrogens is 257 g/mol. The minimum absolute atomic E-state index is 0.316. The maximum absolute atomic E-state index is 12.9. The number of carbonyl (C=O) groups is 1. The first-order valence-corrected chi connectivity index (χ1v) is 7.20. The third-order valence-corrected chi connectivity index (χ3v) is 4.37. The Bertz CT molecular complexity index is 472. The lowest BCUT2D eigenvalue weighted by Crippen LogP contribution is -2.50. The van der Waals surface area contributed by atoms with Crippen molar-refractivity contribution in [2.24, 2.45) is 11.8 Å². The molecule has 2 N–H and O–H groups in total. The lowest BCUT2D eigenvalue weighted by Gasteiger charge is -2.40. The number of carboxylic acids is 1. The van der Waals surface area contributed by atoms with Crippen molar-refractivity contribution < 1.29 is 14.3 Å². The van der Waals surface area contributed by atoms with Crippen LogP contribution in [0.4, 0.5) is 10.1 Å². The summed E-state index contributed by atoms with van der Waals surface area (Å²) in [6, 6.07) is 5.89. The highest BCUT2D eigenvalue weighted by atomic mass is 19.1. The molecule has 0 radical (unpaired) electrons. The topological polar surface area (TPSA) is 49.3 Å². The second-order valence-electron chi connectivity index (χ2n) is 6.12. The highest BCUT2D eigenvalue weighted by molar-refractivity contribution is 5.83. The number of carboxylic acid groups (broad SMARTS) is 1. The summed E-state index contributed by atoms with van der Waals surface area (Å²) in [5, 5.41) is 12.8. The number of aliphatic carboxylic acids is 1. The van der Waals surface area contributed by atoms with Crippen molar-refractivity contribution in [3.63, 3.8) is 0 Å². The van der Waals surface area contributed by atoms with Crippen molar-refractivity contribution in [1.82, 2.24) is 0 Å². The van der Waals surface area contributed by atoms with Crippen LogP contribution < -0.4 is 5.32 Å². The van der Waals surface area contributed by atoms with Crippen LogP contribution in [0.15, 0.2) is 24.3 Å². The summed E-state index contributed by atoms with van der Waals surface area (Å²) in [5.74, 6) is -0.243. The van der Waals surface area contributed by atoms with Gasteiger partial charge >= 0.3 is 5.97 Å². The quantitative estimate of drug-likeness (QED) is 0.878. The molecule has 1 aliphatic rings. The maximum Gasteiger partial charge on any atom is 0.329 e. The second-order valence-corrected chi connectivity index (χ2v) is 6.12. The molecule has 4 heteroatoms. The molecule has 0 bridgehead atoms. The van der Waals surface area contributed by atoms with E-state index in [2.05, 4.69) is 19.2 Å². The molecule has 1 aliphatic carbocycles. The molecule has 20 heavy (non-hydrogen) atoms. The second kappa shape index (κ2) is 5.81. The number of rotatable bonds is 4. The summed E-state index contributed by atoms with van der Waals surface area (Å²) in [6.45, 7) is 4.28. The predicted octanol–water partition coefficient (Wildman–Crippen LogP) is 3.91. The molecule has 3 nitrogen and oxygen atoms in total. The highest BCUT2D eigenvalue weighted by Gasteiger charge is 2.43. The number of hydrogen-bond acceptors (Lipinski definition) is 2. The van der Waals surface area contributed by atoms with Gasteiger partial charge in [0.1, 0.15) is 11.4 Å². The molecule has 110 valence electrons. The van der Waals surface area contributed by atoms with E-state index in [1.165, 1.54) is 12.1 Å². The molecule has 2 atom stereocenters. The van der Waals surface area contributed by atoms with E-state index < -0.39 is 11.5 Å². The van der Waals surface area contributed by atoms with Crippen LogP contribution in [0.2, 0.25) is 0 Å². The maximum atomic E-state index is 12.9. The number of nitrogens with one attached hydrogen (secondary N) is 1. The number of halogens is 1. The molecule has 1 fully saturated rings. The van der Waals surface area contributed by atoms with Crippen molar-refractivity contribution in [3.8, 4) is 0 Å². The first kappa shape index (κ1) is 14.8. The third-order valence-electron chi connectivity index (χ3n) is 4.37. The largest absolute Gasteiger partial charge is 0.480 e. The zero-order valence-corrected chi connectivity index (χ0v) is 12.0. The zero-order valence-electron chi connectivity index (χ0n) is 12.0. The van der Waals surface area contributed by atoms with Crippen molar-refractivity contribution in [2.75, 3.05) is 5.32 Å². The monoisotopic (exact) mass is 279 g/mol. The fourth-order valence-electron chi connectivity index (χ4n) is 3.06. The molecule has 0 spiro atoms. The van der Waals surface area contributed by atoms with Crippen LogP contribution in [-0.4, -0.2) is 16.6 Å². The Morgan fingerprint density at radius 1 is 1.40 bits per heavy atom. The molecular formula is C16H22FNO2. The van der Waals surface area contributed by atoms with Crippen LogP contribution in [0.3, 0.4) is 0 Å². The minimum atomic E-state index is -0.926. The molecule has 0 heterocycles. The van der Waals surface area contributed by atoms with E-state index in [-0.39, 0.29) is 5.82 Å². The van der Waals surface area contributed by atoms with Crippen LogP contribution in [-0.2, 0) is 4.79 Å². The Kier molecular flexibility index (Phi) is 4.31. The molecule has 2 unspecified atom stereocenters. The number of hydrogen-bond donors (Lipinski definition) is 2. The fraction of sp³-hybridized carbons (Fsp3) is 0.562. The van der Waals surface area contributed by atoms with Gasteiger partial charge in [-0.25, -0.2) is 9.18 Å². The van der Waals surface area contributed by atoms with Gasteiger partial charge in [0.2, 0.25) is 0 Å². The van der Waals surface area contributed by atoms with Crippen LogP contribution in [0.25, 0.3) is 0 Å². The van der Waals surface area contributed by atoms with Crippen molar-refractivity contribution >= 4 is 11.7 Å². The van der Waals surface area contributed by atoms with Gasteiger partial charge in [0, 0.05) is 5.69 Å². The minimum Gasteiger partial charge on any atom is -0.480 e. The molecule has 0 saturated heterocycles. The average Bonchev–Trinajstić information content (AvgIpc) is 2.41. The van der Waals surface area contributed by atoms with Gasteiger partial charge in [-0.05, 0) is 55.4 Å². The summed E-state index contributed by atoms with van der Waals surface area (Å²) < 4.78 is 12.9. The normalized spacial score (nSPS) is 26.5. The molecule has 0 aromatic heterocycles. The van der Waals surface area contributed by atoms with Crippen LogP contribution in [0, 0.1) is 17.7 Å². The Labute approximate surface area is 119 Å². The average molecular weight is 279 g/mol. The van der Waals surface area contributed by atoms with Gasteiger partial charge in [-0.2, -0.15) is 0 Å². The van der Waals surface area contributed by atoms with E-state index in [0.29, 0.717) is 30.4 Å². The highest BCUT2D eigenvalue weighted by Crippen LogP contribution is 2.38. The number of anilines is 1. The van der Waals surface area contributed by atoms with E-state index in [1.54, 1.807) is 12.1 Å². The SMILES string of the molecule is CC(C)C1CCCC(Nc2ccc(F)cc2)(C(=O)O)C1. The Hall–Kier alpha value is -1.58. The van der Waals surface area contributed by atoms with Gasteiger partial charge < -0.3 is 10.4 Å². The first-order valence-electron chi connectivity index (χ1n) is 7.20. The molecule has 0 amide bonds. The summed E-state index contributed by atoms with van der Waals surface area (Å²) in [5.41, 5.74) is -0.261. The van der Waals surface area contributed by atoms with Crippen LogP contribution >= 0.6 is 0 Å². The van der Waals surface area contributed by atoms with Crippen molar-refractivity contribution in [1.29, 1.82) is 0 Å². The predicted molar refractivity (Wildman–Crippen MR) is 77.2 cm³/mol. The van der Waals surface area contributed by atoms with Gasteiger partial charge in [0.15, 0.2) is 0 Å². The van der Waals surface area contributed by atoms with Gasteiger partial charge in [-0.3, -0.25) is 0 Å². The first-order chi connectivity index (χ1) is 9.43. The van der Waals surface area contributed by atoms with Crippen LogP contribution in [0.1, 0.15) is 39.5 Å². The van der Waals surface area contributed by atoms with Crippen molar-refractivity contribution in [3.05, 3.63) is 30.1 Å². The third kappa shape index (κ3) is 3.11. The van der Waals surface area contributed by atoms with Gasteiger partial charge in [-0.15, -0.1) is 0 Å². The summed E-state index contributed by atoms with van der Waals surface area (Å²) in [7, 11) is 0.